The van der Waals surface area contributed by atoms with Crippen molar-refractivity contribution >= 4 is 41.3 Å². The van der Waals surface area contributed by atoms with Crippen molar-refractivity contribution in [2.24, 2.45) is 4.99 Å². The van der Waals surface area contributed by atoms with E-state index < -0.39 is 5.60 Å². The van der Waals surface area contributed by atoms with Crippen LogP contribution in [-0.2, 0) is 12.0 Å². The van der Waals surface area contributed by atoms with Crippen LogP contribution >= 0.6 is 35.3 Å². The minimum atomic E-state index is -0.930. The Hall–Kier alpha value is -1.12. The second-order valence-corrected chi connectivity index (χ2v) is 6.91. The van der Waals surface area contributed by atoms with Gasteiger partial charge in [0.25, 0.3) is 0 Å². The lowest BCUT2D eigenvalue weighted by Crippen LogP contribution is -2.39. The van der Waals surface area contributed by atoms with Crippen molar-refractivity contribution < 1.29 is 5.11 Å². The van der Waals surface area contributed by atoms with E-state index >= 15 is 0 Å². The van der Waals surface area contributed by atoms with Crippen LogP contribution < -0.4 is 10.6 Å². The summed E-state index contributed by atoms with van der Waals surface area (Å²) in [5.74, 6) is 0.752. The second-order valence-electron chi connectivity index (χ2n) is 5.96. The summed E-state index contributed by atoms with van der Waals surface area (Å²) in [6.07, 6.45) is 2.08. The van der Waals surface area contributed by atoms with Gasteiger partial charge in [-0.25, -0.2) is 4.99 Å². The first-order chi connectivity index (χ1) is 11.6. The van der Waals surface area contributed by atoms with E-state index in [1.807, 2.05) is 30.5 Å². The quantitative estimate of drug-likeness (QED) is 0.237. The third kappa shape index (κ3) is 7.75. The van der Waals surface area contributed by atoms with Crippen molar-refractivity contribution in [1.82, 2.24) is 10.6 Å². The number of halogens is 1. The van der Waals surface area contributed by atoms with Gasteiger partial charge < -0.3 is 15.7 Å². The van der Waals surface area contributed by atoms with Gasteiger partial charge in [-0.05, 0) is 43.7 Å². The highest BCUT2D eigenvalue weighted by molar-refractivity contribution is 14.0. The number of nitrogens with zero attached hydrogens (tertiary/aromatic N) is 1. The molecule has 0 saturated carbocycles. The molecule has 1 unspecified atom stereocenters. The molecule has 0 aliphatic carbocycles. The highest BCUT2D eigenvalue weighted by atomic mass is 127. The van der Waals surface area contributed by atoms with Crippen LogP contribution in [0.3, 0.4) is 0 Å². The largest absolute Gasteiger partial charge is 0.383 e. The third-order valence-corrected chi connectivity index (χ3v) is 4.84. The molecular formula is C19H28IN3OS. The summed E-state index contributed by atoms with van der Waals surface area (Å²) in [4.78, 5) is 5.47. The molecule has 3 N–H and O–H groups in total. The molecule has 1 aromatic carbocycles. The summed E-state index contributed by atoms with van der Waals surface area (Å²) in [5, 5.41) is 19.1. The number of aryl methyl sites for hydroxylation is 1. The fourth-order valence-corrected chi connectivity index (χ4v) is 3.16. The molecule has 0 aliphatic rings. The van der Waals surface area contributed by atoms with Crippen molar-refractivity contribution in [3.63, 3.8) is 0 Å². The Morgan fingerprint density at radius 3 is 2.56 bits per heavy atom. The lowest BCUT2D eigenvalue weighted by Gasteiger charge is -2.20. The number of guanidine groups is 1. The van der Waals surface area contributed by atoms with Crippen LogP contribution in [0, 0.1) is 0 Å². The lowest BCUT2D eigenvalue weighted by molar-refractivity contribution is 0.0711. The Labute approximate surface area is 171 Å². The minimum Gasteiger partial charge on any atom is -0.383 e. The topological polar surface area (TPSA) is 56.7 Å². The molecule has 0 spiro atoms. The van der Waals surface area contributed by atoms with Crippen molar-refractivity contribution in [2.45, 2.75) is 32.3 Å². The summed E-state index contributed by atoms with van der Waals surface area (Å²) in [6.45, 7) is 5.83. The molecule has 0 saturated heterocycles. The maximum Gasteiger partial charge on any atom is 0.191 e. The number of aliphatic imine (C=N–C) groups is 1. The number of hydrogen-bond acceptors (Lipinski definition) is 3. The molecule has 6 heteroatoms. The molecule has 0 radical (unpaired) electrons. The molecule has 0 bridgehead atoms. The number of thiophene rings is 1. The van der Waals surface area contributed by atoms with E-state index in [4.69, 9.17) is 0 Å². The van der Waals surface area contributed by atoms with Gasteiger partial charge in [0.1, 0.15) is 5.60 Å². The average Bonchev–Trinajstić information content (AvgIpc) is 3.13. The molecule has 2 aromatic rings. The Balaban J connectivity index is 0.00000312. The molecule has 138 valence electrons. The van der Waals surface area contributed by atoms with Crippen LogP contribution in [0.1, 0.15) is 30.7 Å². The number of aliphatic hydroxyl groups is 1. The van der Waals surface area contributed by atoms with Gasteiger partial charge in [-0.1, -0.05) is 36.4 Å². The number of hydrogen-bond donors (Lipinski definition) is 3. The maximum absolute atomic E-state index is 10.6. The second kappa shape index (κ2) is 11.5. The zero-order valence-corrected chi connectivity index (χ0v) is 18.0. The monoisotopic (exact) mass is 473 g/mol. The van der Waals surface area contributed by atoms with Crippen molar-refractivity contribution in [1.29, 1.82) is 0 Å². The standard InChI is InChI=1S/C19H27N3OS.HI/c1-3-20-18(21-13-7-11-16-9-5-4-6-10-16)22-15-19(2,23)17-12-8-14-24-17;/h4-6,8-10,12,14,23H,3,7,11,13,15H2,1-2H3,(H2,20,21,22);1H. The van der Waals surface area contributed by atoms with E-state index in [1.165, 1.54) is 5.56 Å². The van der Waals surface area contributed by atoms with Crippen LogP contribution in [0.25, 0.3) is 0 Å². The Morgan fingerprint density at radius 1 is 1.16 bits per heavy atom. The predicted molar refractivity (Wildman–Crippen MR) is 118 cm³/mol. The Bertz CT molecular complexity index is 615. The summed E-state index contributed by atoms with van der Waals surface area (Å²) < 4.78 is 0. The zero-order valence-electron chi connectivity index (χ0n) is 14.9. The average molecular weight is 473 g/mol. The molecule has 1 aromatic heterocycles. The van der Waals surface area contributed by atoms with Gasteiger partial charge in [-0.2, -0.15) is 0 Å². The summed E-state index contributed by atoms with van der Waals surface area (Å²) in [5.41, 5.74) is 0.419. The number of benzene rings is 1. The van der Waals surface area contributed by atoms with Crippen LogP contribution in [0.2, 0.25) is 0 Å². The SMILES string of the molecule is CCNC(=NCC(C)(O)c1cccs1)NCCCc1ccccc1.I. The molecule has 0 amide bonds. The van der Waals surface area contributed by atoms with E-state index in [9.17, 15) is 5.11 Å². The van der Waals surface area contributed by atoms with Gasteiger partial charge in [-0.15, -0.1) is 35.3 Å². The van der Waals surface area contributed by atoms with Crippen molar-refractivity contribution in [3.8, 4) is 0 Å². The fraction of sp³-hybridized carbons (Fsp3) is 0.421. The molecule has 25 heavy (non-hydrogen) atoms. The lowest BCUT2D eigenvalue weighted by atomic mass is 10.1. The van der Waals surface area contributed by atoms with Gasteiger partial charge in [0.2, 0.25) is 0 Å². The summed E-state index contributed by atoms with van der Waals surface area (Å²) in [6, 6.07) is 14.4. The molecule has 1 atom stereocenters. The molecule has 0 aliphatic heterocycles. The molecule has 4 nitrogen and oxygen atoms in total. The highest BCUT2D eigenvalue weighted by Gasteiger charge is 2.23. The van der Waals surface area contributed by atoms with Gasteiger partial charge in [0, 0.05) is 18.0 Å². The van der Waals surface area contributed by atoms with Crippen LogP contribution in [0.4, 0.5) is 0 Å². The molecule has 0 fully saturated rings. The van der Waals surface area contributed by atoms with Gasteiger partial charge in [0.05, 0.1) is 6.54 Å². The Kier molecular flexibility index (Phi) is 10.1. The van der Waals surface area contributed by atoms with Gasteiger partial charge in [0.15, 0.2) is 5.96 Å². The summed E-state index contributed by atoms with van der Waals surface area (Å²) in [7, 11) is 0. The van der Waals surface area contributed by atoms with E-state index in [1.54, 1.807) is 18.3 Å². The van der Waals surface area contributed by atoms with Crippen molar-refractivity contribution in [2.75, 3.05) is 19.6 Å². The van der Waals surface area contributed by atoms with Gasteiger partial charge in [-0.3, -0.25) is 0 Å². The fourth-order valence-electron chi connectivity index (χ4n) is 2.38. The van der Waals surface area contributed by atoms with Crippen LogP contribution in [-0.4, -0.2) is 30.7 Å². The molecular weight excluding hydrogens is 445 g/mol. The minimum absolute atomic E-state index is 0. The first-order valence-corrected chi connectivity index (χ1v) is 9.32. The van der Waals surface area contributed by atoms with E-state index in [0.29, 0.717) is 6.54 Å². The van der Waals surface area contributed by atoms with Crippen LogP contribution in [0.5, 0.6) is 0 Å². The first-order valence-electron chi connectivity index (χ1n) is 8.44. The molecule has 1 heterocycles. The van der Waals surface area contributed by atoms with E-state index in [-0.39, 0.29) is 24.0 Å². The van der Waals surface area contributed by atoms with Gasteiger partial charge >= 0.3 is 0 Å². The Morgan fingerprint density at radius 2 is 1.92 bits per heavy atom. The third-order valence-electron chi connectivity index (χ3n) is 3.72. The maximum atomic E-state index is 10.6. The van der Waals surface area contributed by atoms with Crippen LogP contribution in [0.15, 0.2) is 52.8 Å². The zero-order chi connectivity index (χ0) is 17.3. The molecule has 2 rings (SSSR count). The van der Waals surface area contributed by atoms with Crippen molar-refractivity contribution in [3.05, 3.63) is 58.3 Å². The number of rotatable bonds is 8. The predicted octanol–water partition coefficient (Wildman–Crippen LogP) is 3.76. The smallest absolute Gasteiger partial charge is 0.191 e. The van der Waals surface area contributed by atoms with E-state index in [2.05, 4.69) is 39.9 Å². The van der Waals surface area contributed by atoms with E-state index in [0.717, 1.165) is 36.8 Å². The normalized spacial score (nSPS) is 13.6. The number of nitrogens with one attached hydrogen (secondary N) is 2. The summed E-state index contributed by atoms with van der Waals surface area (Å²) >= 11 is 1.55. The highest BCUT2D eigenvalue weighted by Crippen LogP contribution is 2.25. The first kappa shape index (κ1) is 21.9.